The third kappa shape index (κ3) is 1.94. The van der Waals surface area contributed by atoms with E-state index in [0.717, 1.165) is 5.92 Å². The van der Waals surface area contributed by atoms with Crippen LogP contribution in [0.5, 0.6) is 0 Å². The van der Waals surface area contributed by atoms with Crippen molar-refractivity contribution < 1.29 is 0 Å². The molecule has 1 N–H and O–H groups in total. The summed E-state index contributed by atoms with van der Waals surface area (Å²) in [5, 5.41) is 3.53. The molecule has 1 fully saturated rings. The summed E-state index contributed by atoms with van der Waals surface area (Å²) in [6, 6.07) is 0. The zero-order valence-corrected chi connectivity index (χ0v) is 7.93. The van der Waals surface area contributed by atoms with Crippen LogP contribution in [0.1, 0.15) is 27.2 Å². The molecule has 0 bridgehead atoms. The quantitative estimate of drug-likeness (QED) is 0.662. The van der Waals surface area contributed by atoms with Crippen molar-refractivity contribution in [3.8, 4) is 0 Å². The van der Waals surface area contributed by atoms with Crippen molar-refractivity contribution in [3.05, 3.63) is 0 Å². The Balaban J connectivity index is 2.42. The first-order valence-electron chi connectivity index (χ1n) is 4.77. The fourth-order valence-electron chi connectivity index (χ4n) is 1.76. The van der Waals surface area contributed by atoms with Gasteiger partial charge < -0.3 is 5.32 Å². The minimum Gasteiger partial charge on any atom is -0.300 e. The van der Waals surface area contributed by atoms with E-state index in [9.17, 15) is 0 Å². The average Bonchev–Trinajstić information content (AvgIpc) is 2.50. The van der Waals surface area contributed by atoms with Gasteiger partial charge in [0.2, 0.25) is 0 Å². The van der Waals surface area contributed by atoms with Crippen molar-refractivity contribution in [1.29, 1.82) is 0 Å². The Bertz CT molecular complexity index is 114. The van der Waals surface area contributed by atoms with Crippen LogP contribution in [0.4, 0.5) is 0 Å². The van der Waals surface area contributed by atoms with Gasteiger partial charge in [0.1, 0.15) is 0 Å². The molecule has 2 atom stereocenters. The molecule has 0 radical (unpaired) electrons. The monoisotopic (exact) mass is 156 g/mol. The number of nitrogens with one attached hydrogen (secondary N) is 1. The Labute approximate surface area is 70.0 Å². The van der Waals surface area contributed by atoms with Crippen molar-refractivity contribution in [1.82, 2.24) is 10.2 Å². The van der Waals surface area contributed by atoms with Gasteiger partial charge in [0.25, 0.3) is 0 Å². The van der Waals surface area contributed by atoms with Crippen LogP contribution in [0.2, 0.25) is 0 Å². The average molecular weight is 156 g/mol. The van der Waals surface area contributed by atoms with Crippen LogP contribution in [0.25, 0.3) is 0 Å². The van der Waals surface area contributed by atoms with Crippen molar-refractivity contribution in [3.63, 3.8) is 0 Å². The number of rotatable bonds is 3. The van der Waals surface area contributed by atoms with E-state index in [-0.39, 0.29) is 0 Å². The largest absolute Gasteiger partial charge is 0.300 e. The number of nitrogens with zero attached hydrogens (tertiary/aromatic N) is 1. The van der Waals surface area contributed by atoms with Crippen LogP contribution in [-0.2, 0) is 0 Å². The Morgan fingerprint density at radius 2 is 2.27 bits per heavy atom. The highest BCUT2D eigenvalue weighted by atomic mass is 15.3. The molecule has 0 aromatic rings. The molecule has 2 heteroatoms. The first-order valence-corrected chi connectivity index (χ1v) is 4.77. The fourth-order valence-corrected chi connectivity index (χ4v) is 1.76. The molecule has 1 aliphatic rings. The van der Waals surface area contributed by atoms with Gasteiger partial charge in [-0.2, -0.15) is 0 Å². The molecule has 0 saturated carbocycles. The summed E-state index contributed by atoms with van der Waals surface area (Å²) in [6.45, 7) is 10.4. The van der Waals surface area contributed by atoms with Crippen molar-refractivity contribution in [2.75, 3.05) is 19.6 Å². The van der Waals surface area contributed by atoms with Gasteiger partial charge in [-0.05, 0) is 12.5 Å². The molecule has 2 nitrogen and oxygen atoms in total. The smallest absolute Gasteiger partial charge is 0.0624 e. The van der Waals surface area contributed by atoms with E-state index in [1.807, 2.05) is 0 Å². The number of hydrogen-bond acceptors (Lipinski definition) is 2. The molecule has 0 amide bonds. The van der Waals surface area contributed by atoms with Crippen LogP contribution in [-0.4, -0.2) is 30.7 Å². The van der Waals surface area contributed by atoms with Gasteiger partial charge in [-0.25, -0.2) is 0 Å². The molecule has 11 heavy (non-hydrogen) atoms. The lowest BCUT2D eigenvalue weighted by Crippen LogP contribution is -2.40. The molecule has 0 aliphatic carbocycles. The van der Waals surface area contributed by atoms with Gasteiger partial charge >= 0.3 is 0 Å². The maximum absolute atomic E-state index is 3.53. The van der Waals surface area contributed by atoms with Gasteiger partial charge in [-0.3, -0.25) is 4.90 Å². The molecule has 1 aliphatic heterocycles. The van der Waals surface area contributed by atoms with E-state index in [2.05, 4.69) is 31.0 Å². The highest BCUT2D eigenvalue weighted by Crippen LogP contribution is 2.14. The standard InChI is InChI=1S/C9H20N2/c1-4-8(3)9-10-6-7-11(9)5-2/h8-10H,4-7H2,1-3H3. The summed E-state index contributed by atoms with van der Waals surface area (Å²) < 4.78 is 0. The lowest BCUT2D eigenvalue weighted by atomic mass is 10.1. The second kappa shape index (κ2) is 4.07. The van der Waals surface area contributed by atoms with Gasteiger partial charge in [0.05, 0.1) is 6.17 Å². The maximum atomic E-state index is 3.53. The molecule has 1 saturated heterocycles. The van der Waals surface area contributed by atoms with Crippen LogP contribution < -0.4 is 5.32 Å². The van der Waals surface area contributed by atoms with Crippen LogP contribution in [0, 0.1) is 5.92 Å². The lowest BCUT2D eigenvalue weighted by molar-refractivity contribution is 0.188. The maximum Gasteiger partial charge on any atom is 0.0624 e. The lowest BCUT2D eigenvalue weighted by Gasteiger charge is -2.27. The highest BCUT2D eigenvalue weighted by molar-refractivity contribution is 4.80. The molecule has 0 aromatic heterocycles. The second-order valence-corrected chi connectivity index (χ2v) is 3.41. The highest BCUT2D eigenvalue weighted by Gasteiger charge is 2.25. The van der Waals surface area contributed by atoms with Gasteiger partial charge in [0, 0.05) is 13.1 Å². The van der Waals surface area contributed by atoms with Crippen LogP contribution in [0.3, 0.4) is 0 Å². The van der Waals surface area contributed by atoms with Crippen molar-refractivity contribution >= 4 is 0 Å². The molecule has 2 unspecified atom stereocenters. The van der Waals surface area contributed by atoms with Gasteiger partial charge in [0.15, 0.2) is 0 Å². The Morgan fingerprint density at radius 3 is 2.82 bits per heavy atom. The normalized spacial score (nSPS) is 29.2. The van der Waals surface area contributed by atoms with E-state index in [4.69, 9.17) is 0 Å². The van der Waals surface area contributed by atoms with Gasteiger partial charge in [-0.15, -0.1) is 0 Å². The minimum absolute atomic E-state index is 0.644. The summed E-state index contributed by atoms with van der Waals surface area (Å²) in [6.07, 6.45) is 1.92. The summed E-state index contributed by atoms with van der Waals surface area (Å²) in [7, 11) is 0. The molecule has 1 rings (SSSR count). The number of hydrogen-bond donors (Lipinski definition) is 1. The molecule has 66 valence electrons. The van der Waals surface area contributed by atoms with E-state index in [1.165, 1.54) is 26.1 Å². The van der Waals surface area contributed by atoms with Gasteiger partial charge in [-0.1, -0.05) is 27.2 Å². The van der Waals surface area contributed by atoms with E-state index in [1.54, 1.807) is 0 Å². The van der Waals surface area contributed by atoms with Crippen LogP contribution in [0.15, 0.2) is 0 Å². The van der Waals surface area contributed by atoms with Crippen molar-refractivity contribution in [2.24, 2.45) is 5.92 Å². The summed E-state index contributed by atoms with van der Waals surface area (Å²) in [5.74, 6) is 0.789. The molecular weight excluding hydrogens is 136 g/mol. The third-order valence-corrected chi connectivity index (χ3v) is 2.74. The topological polar surface area (TPSA) is 15.3 Å². The molecule has 0 spiro atoms. The molecule has 1 heterocycles. The number of likely N-dealkylation sites (N-methyl/N-ethyl adjacent to an activating group) is 1. The third-order valence-electron chi connectivity index (χ3n) is 2.74. The Morgan fingerprint density at radius 1 is 1.55 bits per heavy atom. The van der Waals surface area contributed by atoms with E-state index < -0.39 is 0 Å². The predicted octanol–water partition coefficient (Wildman–Crippen LogP) is 1.28. The van der Waals surface area contributed by atoms with Crippen LogP contribution >= 0.6 is 0 Å². The zero-order chi connectivity index (χ0) is 8.27. The minimum atomic E-state index is 0.644. The SMILES string of the molecule is CCC(C)C1NCCN1CC. The molecule has 0 aromatic carbocycles. The van der Waals surface area contributed by atoms with Crippen molar-refractivity contribution in [2.45, 2.75) is 33.4 Å². The molecular formula is C9H20N2. The zero-order valence-electron chi connectivity index (χ0n) is 7.93. The fraction of sp³-hybridized carbons (Fsp3) is 1.00. The Hall–Kier alpha value is -0.0800. The summed E-state index contributed by atoms with van der Waals surface area (Å²) in [5.41, 5.74) is 0. The first-order chi connectivity index (χ1) is 5.29. The first kappa shape index (κ1) is 9.01. The van der Waals surface area contributed by atoms with E-state index in [0.29, 0.717) is 6.17 Å². The summed E-state index contributed by atoms with van der Waals surface area (Å²) >= 11 is 0. The van der Waals surface area contributed by atoms with E-state index >= 15 is 0 Å². The predicted molar refractivity (Wildman–Crippen MR) is 48.5 cm³/mol. The second-order valence-electron chi connectivity index (χ2n) is 3.41. The summed E-state index contributed by atoms with van der Waals surface area (Å²) in [4.78, 5) is 2.52. The Kier molecular flexibility index (Phi) is 3.34.